The summed E-state index contributed by atoms with van der Waals surface area (Å²) in [6.45, 7) is 0. The summed E-state index contributed by atoms with van der Waals surface area (Å²) in [6.07, 6.45) is 3.91. The minimum atomic E-state index is 0.148. The predicted molar refractivity (Wildman–Crippen MR) is 92.3 cm³/mol. The van der Waals surface area contributed by atoms with Crippen LogP contribution >= 0.6 is 15.9 Å². The van der Waals surface area contributed by atoms with Crippen LogP contribution in [0.1, 0.15) is 24.2 Å². The van der Waals surface area contributed by atoms with Crippen LogP contribution in [0.25, 0.3) is 22.1 Å². The van der Waals surface area contributed by atoms with Gasteiger partial charge in [-0.3, -0.25) is 4.79 Å². The van der Waals surface area contributed by atoms with Crippen molar-refractivity contribution in [2.75, 3.05) is 0 Å². The Kier molecular flexibility index (Phi) is 3.38. The fourth-order valence-corrected chi connectivity index (χ4v) is 3.70. The molecular formula is C19H15BrO2. The van der Waals surface area contributed by atoms with Gasteiger partial charge >= 0.3 is 0 Å². The highest BCUT2D eigenvalue weighted by Crippen LogP contribution is 2.31. The number of hydrogen-bond acceptors (Lipinski definition) is 2. The van der Waals surface area contributed by atoms with Gasteiger partial charge in [-0.05, 0) is 48.6 Å². The Labute approximate surface area is 136 Å². The maximum atomic E-state index is 12.6. The molecule has 0 saturated carbocycles. The number of rotatable bonds is 1. The third kappa shape index (κ3) is 2.20. The highest BCUT2D eigenvalue weighted by atomic mass is 79.9. The number of hydrogen-bond donors (Lipinski definition) is 0. The van der Waals surface area contributed by atoms with Gasteiger partial charge in [0.25, 0.3) is 0 Å². The molecule has 0 aliphatic heterocycles. The smallest absolute Gasteiger partial charge is 0.196 e. The fourth-order valence-electron chi connectivity index (χ4n) is 3.18. The largest absolute Gasteiger partial charge is 0.461 e. The van der Waals surface area contributed by atoms with Crippen molar-refractivity contribution >= 4 is 26.9 Å². The van der Waals surface area contributed by atoms with Gasteiger partial charge in [0.05, 0.1) is 5.39 Å². The molecule has 2 nitrogen and oxygen atoms in total. The minimum Gasteiger partial charge on any atom is -0.461 e. The summed E-state index contributed by atoms with van der Waals surface area (Å²) in [5.41, 5.74) is 3.88. The number of halogens is 1. The molecule has 3 heteroatoms. The summed E-state index contributed by atoms with van der Waals surface area (Å²) in [7, 11) is 0. The lowest BCUT2D eigenvalue weighted by Gasteiger charge is -2.14. The van der Waals surface area contributed by atoms with E-state index in [1.807, 2.05) is 36.4 Å². The molecule has 1 aliphatic rings. The van der Waals surface area contributed by atoms with Crippen molar-refractivity contribution in [1.29, 1.82) is 0 Å². The topological polar surface area (TPSA) is 30.2 Å². The first-order chi connectivity index (χ1) is 10.7. The number of benzene rings is 2. The fraction of sp³-hybridized carbons (Fsp3) is 0.211. The van der Waals surface area contributed by atoms with E-state index in [-0.39, 0.29) is 5.43 Å². The van der Waals surface area contributed by atoms with E-state index in [0.717, 1.165) is 52.6 Å². The summed E-state index contributed by atoms with van der Waals surface area (Å²) in [5.74, 6) is 0.882. The Morgan fingerprint density at radius 1 is 1.00 bits per heavy atom. The van der Waals surface area contributed by atoms with E-state index in [9.17, 15) is 4.79 Å². The van der Waals surface area contributed by atoms with Gasteiger partial charge in [0.1, 0.15) is 11.3 Å². The van der Waals surface area contributed by atoms with Crippen LogP contribution in [0.15, 0.2) is 56.1 Å². The second kappa shape index (κ2) is 5.40. The van der Waals surface area contributed by atoms with E-state index in [4.69, 9.17) is 4.42 Å². The summed E-state index contributed by atoms with van der Waals surface area (Å²) in [6, 6.07) is 13.9. The lowest BCUT2D eigenvalue weighted by atomic mass is 9.95. The van der Waals surface area contributed by atoms with Crippen LogP contribution in [0.5, 0.6) is 0 Å². The van der Waals surface area contributed by atoms with E-state index in [1.165, 1.54) is 0 Å². The van der Waals surface area contributed by atoms with Gasteiger partial charge in [-0.2, -0.15) is 0 Å². The molecule has 1 aliphatic carbocycles. The van der Waals surface area contributed by atoms with E-state index in [1.54, 1.807) is 0 Å². The first kappa shape index (κ1) is 13.8. The molecule has 0 N–H and O–H groups in total. The molecule has 0 spiro atoms. The summed E-state index contributed by atoms with van der Waals surface area (Å²) in [4.78, 5) is 12.6. The summed E-state index contributed by atoms with van der Waals surface area (Å²) >= 11 is 3.58. The molecule has 1 aromatic heterocycles. The molecule has 1 heterocycles. The number of fused-ring (bicyclic) bond motifs is 2. The van der Waals surface area contributed by atoms with Crippen molar-refractivity contribution in [2.45, 2.75) is 25.7 Å². The lowest BCUT2D eigenvalue weighted by Crippen LogP contribution is -2.16. The van der Waals surface area contributed by atoms with Gasteiger partial charge in [0.15, 0.2) is 5.43 Å². The van der Waals surface area contributed by atoms with E-state index >= 15 is 0 Å². The van der Waals surface area contributed by atoms with Crippen molar-refractivity contribution in [3.63, 3.8) is 0 Å². The van der Waals surface area contributed by atoms with Gasteiger partial charge in [-0.15, -0.1) is 0 Å². The van der Waals surface area contributed by atoms with Crippen molar-refractivity contribution in [1.82, 2.24) is 0 Å². The Bertz CT molecular complexity index is 924. The summed E-state index contributed by atoms with van der Waals surface area (Å²) < 4.78 is 7.09. The van der Waals surface area contributed by atoms with Crippen LogP contribution in [0.3, 0.4) is 0 Å². The van der Waals surface area contributed by atoms with Gasteiger partial charge in [-0.1, -0.05) is 40.2 Å². The zero-order chi connectivity index (χ0) is 15.1. The van der Waals surface area contributed by atoms with Crippen LogP contribution in [0, 0.1) is 0 Å². The SMILES string of the molecule is O=c1c2c(oc3cc(-c4ccccc4Br)ccc13)CCCC2. The first-order valence-electron chi connectivity index (χ1n) is 7.57. The normalized spacial score (nSPS) is 14.0. The van der Waals surface area contributed by atoms with Crippen LogP contribution in [0.4, 0.5) is 0 Å². The van der Waals surface area contributed by atoms with Crippen molar-refractivity contribution in [3.8, 4) is 11.1 Å². The quantitative estimate of drug-likeness (QED) is 0.608. The second-order valence-electron chi connectivity index (χ2n) is 5.73. The third-order valence-electron chi connectivity index (χ3n) is 4.34. The van der Waals surface area contributed by atoms with Crippen LogP contribution < -0.4 is 5.43 Å². The highest BCUT2D eigenvalue weighted by Gasteiger charge is 2.18. The van der Waals surface area contributed by atoms with E-state index in [0.29, 0.717) is 11.0 Å². The molecule has 0 saturated heterocycles. The van der Waals surface area contributed by atoms with Crippen molar-refractivity contribution in [2.24, 2.45) is 0 Å². The first-order valence-corrected chi connectivity index (χ1v) is 8.37. The van der Waals surface area contributed by atoms with Gasteiger partial charge in [0, 0.05) is 16.5 Å². The van der Waals surface area contributed by atoms with E-state index < -0.39 is 0 Å². The van der Waals surface area contributed by atoms with E-state index in [2.05, 4.69) is 22.0 Å². The monoisotopic (exact) mass is 354 g/mol. The maximum Gasteiger partial charge on any atom is 0.196 e. The second-order valence-corrected chi connectivity index (χ2v) is 6.59. The Balaban J connectivity index is 1.95. The molecular weight excluding hydrogens is 340 g/mol. The van der Waals surface area contributed by atoms with Crippen LogP contribution in [0.2, 0.25) is 0 Å². The Morgan fingerprint density at radius 3 is 2.68 bits per heavy atom. The Hall–Kier alpha value is -1.87. The zero-order valence-electron chi connectivity index (χ0n) is 12.1. The highest BCUT2D eigenvalue weighted by molar-refractivity contribution is 9.10. The molecule has 0 bridgehead atoms. The molecule has 22 heavy (non-hydrogen) atoms. The van der Waals surface area contributed by atoms with Crippen LogP contribution in [-0.2, 0) is 12.8 Å². The molecule has 0 radical (unpaired) electrons. The van der Waals surface area contributed by atoms with Crippen LogP contribution in [-0.4, -0.2) is 0 Å². The molecule has 110 valence electrons. The lowest BCUT2D eigenvalue weighted by molar-refractivity contribution is 0.487. The third-order valence-corrected chi connectivity index (χ3v) is 5.03. The molecule has 2 aromatic carbocycles. The molecule has 4 rings (SSSR count). The average molecular weight is 355 g/mol. The summed E-state index contributed by atoms with van der Waals surface area (Å²) in [5, 5.41) is 0.691. The molecule has 0 atom stereocenters. The van der Waals surface area contributed by atoms with Gasteiger partial charge in [0.2, 0.25) is 0 Å². The minimum absolute atomic E-state index is 0.148. The Morgan fingerprint density at radius 2 is 1.82 bits per heavy atom. The molecule has 0 unspecified atom stereocenters. The zero-order valence-corrected chi connectivity index (χ0v) is 13.7. The molecule has 0 amide bonds. The van der Waals surface area contributed by atoms with Gasteiger partial charge in [-0.25, -0.2) is 0 Å². The molecule has 0 fully saturated rings. The van der Waals surface area contributed by atoms with Crippen molar-refractivity contribution in [3.05, 3.63) is 68.5 Å². The standard InChI is InChI=1S/C19H15BrO2/c20-16-7-3-1-5-13(16)12-9-10-15-18(11-12)22-17-8-4-2-6-14(17)19(15)21/h1,3,5,7,9-11H,2,4,6,8H2. The maximum absolute atomic E-state index is 12.6. The van der Waals surface area contributed by atoms with Crippen molar-refractivity contribution < 1.29 is 4.42 Å². The van der Waals surface area contributed by atoms with Gasteiger partial charge < -0.3 is 4.42 Å². The average Bonchev–Trinajstić information content (AvgIpc) is 2.55. The number of aryl methyl sites for hydroxylation is 1. The molecule has 3 aromatic rings. The predicted octanol–water partition coefficient (Wildman–Crippen LogP) is 5.10.